The molecule has 0 aromatic heterocycles. The minimum absolute atomic E-state index is 0.586. The first-order chi connectivity index (χ1) is 9.28. The maximum absolute atomic E-state index is 5.66. The third-order valence-corrected chi connectivity index (χ3v) is 3.40. The van der Waals surface area contributed by atoms with Crippen LogP contribution in [0.15, 0.2) is 42.5 Å². The summed E-state index contributed by atoms with van der Waals surface area (Å²) in [7, 11) is 1.68. The van der Waals surface area contributed by atoms with E-state index in [1.165, 1.54) is 11.3 Å². The van der Waals surface area contributed by atoms with Crippen LogP contribution in [0.2, 0.25) is 0 Å². The zero-order valence-electron chi connectivity index (χ0n) is 11.2. The number of ether oxygens (including phenoxy) is 2. The van der Waals surface area contributed by atoms with E-state index in [9.17, 15) is 0 Å². The Balaban J connectivity index is 2.00. The van der Waals surface area contributed by atoms with Gasteiger partial charge in [-0.3, -0.25) is 0 Å². The van der Waals surface area contributed by atoms with Crippen LogP contribution in [0.3, 0.4) is 0 Å². The molecule has 0 radical (unpaired) electrons. The lowest BCUT2D eigenvalue weighted by molar-refractivity contribution is 0.117. The quantitative estimate of drug-likeness (QED) is 0.818. The third kappa shape index (κ3) is 2.29. The molecule has 0 atom stereocenters. The number of methoxy groups -OCH3 is 1. The fraction of sp³-hybridized carbons (Fsp3) is 0.250. The monoisotopic (exact) mass is 255 g/mol. The van der Waals surface area contributed by atoms with Crippen LogP contribution in [0.4, 0.5) is 11.4 Å². The summed E-state index contributed by atoms with van der Waals surface area (Å²) in [6, 6.07) is 14.6. The summed E-state index contributed by atoms with van der Waals surface area (Å²) < 4.78 is 10.9. The number of rotatable bonds is 2. The molecule has 0 bridgehead atoms. The molecule has 0 fully saturated rings. The molecule has 2 aromatic carbocycles. The molecule has 98 valence electrons. The molecular weight excluding hydrogens is 238 g/mol. The van der Waals surface area contributed by atoms with Crippen LogP contribution < -0.4 is 9.64 Å². The molecule has 0 N–H and O–H groups in total. The summed E-state index contributed by atoms with van der Waals surface area (Å²) in [5.41, 5.74) is 4.76. The molecule has 3 nitrogen and oxygen atoms in total. The zero-order valence-corrected chi connectivity index (χ0v) is 11.2. The molecule has 3 heteroatoms. The van der Waals surface area contributed by atoms with Gasteiger partial charge in [0, 0.05) is 16.9 Å². The van der Waals surface area contributed by atoms with Crippen molar-refractivity contribution in [3.05, 3.63) is 53.6 Å². The number of aryl methyl sites for hydroxylation is 1. The molecule has 0 spiro atoms. The number of anilines is 2. The van der Waals surface area contributed by atoms with Crippen LogP contribution in [0.5, 0.6) is 5.75 Å². The lowest BCUT2D eigenvalue weighted by Crippen LogP contribution is -2.26. The van der Waals surface area contributed by atoms with Crippen molar-refractivity contribution < 1.29 is 9.47 Å². The Morgan fingerprint density at radius 1 is 1.11 bits per heavy atom. The Hall–Kier alpha value is -2.00. The van der Waals surface area contributed by atoms with Crippen molar-refractivity contribution in [3.8, 4) is 5.75 Å². The number of fused-ring (bicyclic) bond motifs is 1. The average Bonchev–Trinajstić information content (AvgIpc) is 2.47. The molecule has 19 heavy (non-hydrogen) atoms. The van der Waals surface area contributed by atoms with Gasteiger partial charge in [-0.2, -0.15) is 0 Å². The normalized spacial score (nSPS) is 14.1. The van der Waals surface area contributed by atoms with E-state index < -0.39 is 0 Å². The average molecular weight is 255 g/mol. The Kier molecular flexibility index (Phi) is 3.13. The number of hydrogen-bond acceptors (Lipinski definition) is 3. The van der Waals surface area contributed by atoms with E-state index in [1.807, 2.05) is 12.1 Å². The van der Waals surface area contributed by atoms with Crippen LogP contribution in [0.1, 0.15) is 11.1 Å². The van der Waals surface area contributed by atoms with Gasteiger partial charge >= 0.3 is 0 Å². The van der Waals surface area contributed by atoms with Crippen molar-refractivity contribution in [2.24, 2.45) is 0 Å². The standard InChI is InChI=1S/C16H17NO2/c1-12-3-5-14(6-4-12)17-11-19-10-13-9-15(18-2)7-8-16(13)17/h3-9H,10-11H2,1-2H3. The van der Waals surface area contributed by atoms with Crippen LogP contribution >= 0.6 is 0 Å². The highest BCUT2D eigenvalue weighted by atomic mass is 16.5. The van der Waals surface area contributed by atoms with E-state index in [-0.39, 0.29) is 0 Å². The molecule has 0 saturated carbocycles. The van der Waals surface area contributed by atoms with Gasteiger partial charge in [-0.25, -0.2) is 0 Å². The summed E-state index contributed by atoms with van der Waals surface area (Å²) in [5.74, 6) is 0.869. The zero-order chi connectivity index (χ0) is 13.2. The Labute approximate surface area is 113 Å². The van der Waals surface area contributed by atoms with Gasteiger partial charge in [0.15, 0.2) is 0 Å². The van der Waals surface area contributed by atoms with E-state index in [4.69, 9.17) is 9.47 Å². The van der Waals surface area contributed by atoms with E-state index >= 15 is 0 Å². The molecule has 2 aromatic rings. The third-order valence-electron chi connectivity index (χ3n) is 3.40. The van der Waals surface area contributed by atoms with Crippen molar-refractivity contribution in [1.82, 2.24) is 0 Å². The first-order valence-corrected chi connectivity index (χ1v) is 6.37. The number of nitrogens with zero attached hydrogens (tertiary/aromatic N) is 1. The summed E-state index contributed by atoms with van der Waals surface area (Å²) in [6.45, 7) is 3.31. The highest BCUT2D eigenvalue weighted by Gasteiger charge is 2.19. The molecule has 0 aliphatic carbocycles. The van der Waals surface area contributed by atoms with Crippen molar-refractivity contribution in [2.75, 3.05) is 18.7 Å². The molecule has 1 aliphatic heterocycles. The Morgan fingerprint density at radius 3 is 2.63 bits per heavy atom. The van der Waals surface area contributed by atoms with Gasteiger partial charge in [-0.1, -0.05) is 17.7 Å². The van der Waals surface area contributed by atoms with E-state index in [1.54, 1.807) is 7.11 Å². The molecule has 0 unspecified atom stereocenters. The summed E-state index contributed by atoms with van der Waals surface area (Å²) in [6.07, 6.45) is 0. The maximum Gasteiger partial charge on any atom is 0.123 e. The summed E-state index contributed by atoms with van der Waals surface area (Å²) in [5, 5.41) is 0. The number of hydrogen-bond donors (Lipinski definition) is 0. The summed E-state index contributed by atoms with van der Waals surface area (Å²) in [4.78, 5) is 2.18. The molecule has 3 rings (SSSR count). The molecule has 0 amide bonds. The first-order valence-electron chi connectivity index (χ1n) is 6.37. The van der Waals surface area contributed by atoms with Gasteiger partial charge in [-0.15, -0.1) is 0 Å². The minimum atomic E-state index is 0.586. The van der Waals surface area contributed by atoms with Crippen molar-refractivity contribution in [3.63, 3.8) is 0 Å². The fourth-order valence-corrected chi connectivity index (χ4v) is 2.32. The largest absolute Gasteiger partial charge is 0.497 e. The second kappa shape index (κ2) is 4.94. The maximum atomic E-state index is 5.66. The van der Waals surface area contributed by atoms with Gasteiger partial charge in [0.1, 0.15) is 12.5 Å². The van der Waals surface area contributed by atoms with Crippen molar-refractivity contribution >= 4 is 11.4 Å². The molecule has 1 heterocycles. The van der Waals surface area contributed by atoms with Gasteiger partial charge in [-0.05, 0) is 37.3 Å². The second-order valence-corrected chi connectivity index (χ2v) is 4.74. The van der Waals surface area contributed by atoms with Crippen LogP contribution in [0.25, 0.3) is 0 Å². The molecular formula is C16H17NO2. The second-order valence-electron chi connectivity index (χ2n) is 4.74. The van der Waals surface area contributed by atoms with Crippen LogP contribution in [-0.2, 0) is 11.3 Å². The predicted molar refractivity (Wildman–Crippen MR) is 76.0 cm³/mol. The molecule has 0 saturated heterocycles. The van der Waals surface area contributed by atoms with Crippen LogP contribution in [-0.4, -0.2) is 13.8 Å². The fourth-order valence-electron chi connectivity index (χ4n) is 2.32. The SMILES string of the molecule is COc1ccc2c(c1)COCN2c1ccc(C)cc1. The van der Waals surface area contributed by atoms with Gasteiger partial charge in [0.2, 0.25) is 0 Å². The lowest BCUT2D eigenvalue weighted by atomic mass is 10.1. The highest BCUT2D eigenvalue weighted by Crippen LogP contribution is 2.34. The van der Waals surface area contributed by atoms with Gasteiger partial charge < -0.3 is 14.4 Å². The summed E-state index contributed by atoms with van der Waals surface area (Å²) >= 11 is 0. The van der Waals surface area contributed by atoms with Gasteiger partial charge in [0.25, 0.3) is 0 Å². The van der Waals surface area contributed by atoms with E-state index in [0.29, 0.717) is 13.3 Å². The lowest BCUT2D eigenvalue weighted by Gasteiger charge is -2.31. The van der Waals surface area contributed by atoms with E-state index in [0.717, 1.165) is 17.0 Å². The molecule has 1 aliphatic rings. The van der Waals surface area contributed by atoms with Crippen molar-refractivity contribution in [2.45, 2.75) is 13.5 Å². The smallest absolute Gasteiger partial charge is 0.123 e. The van der Waals surface area contributed by atoms with E-state index in [2.05, 4.69) is 42.2 Å². The van der Waals surface area contributed by atoms with Gasteiger partial charge in [0.05, 0.1) is 13.7 Å². The Morgan fingerprint density at radius 2 is 1.89 bits per heavy atom. The number of benzene rings is 2. The first kappa shape index (κ1) is 12.1. The van der Waals surface area contributed by atoms with Crippen LogP contribution in [0, 0.1) is 6.92 Å². The minimum Gasteiger partial charge on any atom is -0.497 e. The Bertz CT molecular complexity index is 578. The van der Waals surface area contributed by atoms with Crippen molar-refractivity contribution in [1.29, 1.82) is 0 Å². The topological polar surface area (TPSA) is 21.7 Å². The highest BCUT2D eigenvalue weighted by molar-refractivity contribution is 5.68. The predicted octanol–water partition coefficient (Wildman–Crippen LogP) is 3.63.